The number of fused-ring (bicyclic) bond motifs is 4. The van der Waals surface area contributed by atoms with Crippen molar-refractivity contribution in [3.63, 3.8) is 0 Å². The fourth-order valence-electron chi connectivity index (χ4n) is 5.81. The van der Waals surface area contributed by atoms with Crippen molar-refractivity contribution in [2.75, 3.05) is 0 Å². The van der Waals surface area contributed by atoms with Crippen LogP contribution in [0.5, 0.6) is 0 Å². The third-order valence-corrected chi connectivity index (χ3v) is 7.72. The van der Waals surface area contributed by atoms with Crippen LogP contribution in [-0.4, -0.2) is 0 Å². The average molecular weight is 603 g/mol. The summed E-state index contributed by atoms with van der Waals surface area (Å²) < 4.78 is 58.3. The van der Waals surface area contributed by atoms with E-state index in [4.69, 9.17) is 25.0 Å². The number of nitrogens with zero attached hydrogens (tertiary/aromatic N) is 6. The molecule has 212 valence electrons. The number of nitriles is 3. The lowest BCUT2D eigenvalue weighted by Crippen LogP contribution is -1.97. The molecule has 0 N–H and O–H groups in total. The van der Waals surface area contributed by atoms with Gasteiger partial charge in [0.05, 0.1) is 31.9 Å². The average Bonchev–Trinajstić information content (AvgIpc) is 3.54. The fourth-order valence-corrected chi connectivity index (χ4v) is 5.81. The van der Waals surface area contributed by atoms with E-state index in [1.54, 1.807) is 24.3 Å². The molecule has 0 aliphatic heterocycles. The summed E-state index contributed by atoms with van der Waals surface area (Å²) in [5, 5.41) is 29.0. The molecule has 0 aromatic heterocycles. The van der Waals surface area contributed by atoms with Crippen molar-refractivity contribution in [3.8, 4) is 40.5 Å². The lowest BCUT2D eigenvalue weighted by atomic mass is 9.88. The highest BCUT2D eigenvalue weighted by Crippen LogP contribution is 2.60. The maximum Gasteiger partial charge on any atom is 0.270 e. The van der Waals surface area contributed by atoms with Gasteiger partial charge in [0.15, 0.2) is 0 Å². The maximum atomic E-state index is 14.6. The molecule has 4 aromatic carbocycles. The monoisotopic (exact) mass is 602 g/mol. The first-order valence-electron chi connectivity index (χ1n) is 13.1. The fraction of sp³-hybridized carbons (Fsp3) is 0. The molecule has 6 nitrogen and oxygen atoms in total. The maximum absolute atomic E-state index is 14.6. The van der Waals surface area contributed by atoms with Gasteiger partial charge in [-0.05, 0) is 92.1 Å². The lowest BCUT2D eigenvalue weighted by molar-refractivity contribution is 0.577. The van der Waals surface area contributed by atoms with Crippen molar-refractivity contribution in [1.29, 1.82) is 15.8 Å². The van der Waals surface area contributed by atoms with E-state index in [1.165, 1.54) is 18.2 Å². The van der Waals surface area contributed by atoms with Gasteiger partial charge in [0, 0.05) is 11.1 Å². The second-order valence-corrected chi connectivity index (χ2v) is 9.99. The van der Waals surface area contributed by atoms with Gasteiger partial charge < -0.3 is 0 Å². The summed E-state index contributed by atoms with van der Waals surface area (Å²) in [6.07, 6.45) is 0. The summed E-state index contributed by atoms with van der Waals surface area (Å²) in [6.45, 7) is 22.5. The minimum absolute atomic E-state index is 0.0861. The topological polar surface area (TPSA) is 84.4 Å². The van der Waals surface area contributed by atoms with E-state index in [-0.39, 0.29) is 33.7 Å². The van der Waals surface area contributed by atoms with Crippen molar-refractivity contribution in [3.05, 3.63) is 157 Å². The molecule has 0 heterocycles. The molecule has 10 heteroatoms. The van der Waals surface area contributed by atoms with Gasteiger partial charge in [-0.1, -0.05) is 24.3 Å². The summed E-state index contributed by atoms with van der Waals surface area (Å²) in [5.74, 6) is -4.28. The number of rotatable bonds is 2. The first-order valence-corrected chi connectivity index (χ1v) is 13.1. The van der Waals surface area contributed by atoms with E-state index in [2.05, 4.69) is 14.5 Å². The van der Waals surface area contributed by atoms with Crippen LogP contribution >= 0.6 is 0 Å². The highest BCUT2D eigenvalue weighted by molar-refractivity contribution is 6.37. The van der Waals surface area contributed by atoms with Crippen LogP contribution in [-0.2, 0) is 0 Å². The molecule has 0 fully saturated rings. The molecule has 0 spiro atoms. The Kier molecular flexibility index (Phi) is 6.77. The highest BCUT2D eigenvalue weighted by atomic mass is 19.1. The normalized spacial score (nSPS) is 14.4. The largest absolute Gasteiger partial charge is 0.270 e. The summed E-state index contributed by atoms with van der Waals surface area (Å²) >= 11 is 0. The SMILES string of the molecule is [C-]#[N+]/C(C#N)=C1C2=C(/C(=C(\C#N)[N+]#[C-])c3ccc(-c4cc(F)c([N+]#[C-])c(F)c4)cc32)c2cc(-c3cc(F)c(C#N)c(F)c3)ccc2\1. The first-order chi connectivity index (χ1) is 22.2. The van der Waals surface area contributed by atoms with E-state index in [0.29, 0.717) is 44.5 Å². The lowest BCUT2D eigenvalue weighted by Gasteiger charge is -2.15. The molecule has 0 atom stereocenters. The van der Waals surface area contributed by atoms with Crippen molar-refractivity contribution in [1.82, 2.24) is 0 Å². The van der Waals surface area contributed by atoms with Crippen molar-refractivity contribution in [2.24, 2.45) is 0 Å². The number of hydrogen-bond acceptors (Lipinski definition) is 3. The number of hydrogen-bond donors (Lipinski definition) is 0. The second kappa shape index (κ2) is 10.8. The minimum Gasteiger partial charge on any atom is -0.232 e. The summed E-state index contributed by atoms with van der Waals surface area (Å²) in [4.78, 5) is 9.70. The molecule has 2 aliphatic carbocycles. The van der Waals surface area contributed by atoms with E-state index in [0.717, 1.165) is 24.3 Å². The molecule has 0 radical (unpaired) electrons. The Morgan fingerprint density at radius 3 is 1.30 bits per heavy atom. The Hall–Kier alpha value is -7.24. The van der Waals surface area contributed by atoms with E-state index in [9.17, 15) is 28.1 Å². The van der Waals surface area contributed by atoms with Crippen LogP contribution in [0.4, 0.5) is 23.2 Å². The van der Waals surface area contributed by atoms with Gasteiger partial charge in [0.1, 0.15) is 34.9 Å². The minimum atomic E-state index is -1.07. The Bertz CT molecular complexity index is 2230. The standard InChI is InChI=1S/C36H10F4N6/c1-44-30(15-42)32-21-6-4-17(19-10-26(37)25(14-41)27(38)11-19)8-23(21)34-33(31(16-43)45-2)22-7-5-18(9-24(22)35(32)34)20-12-28(39)36(46-3)29(40)13-20/h4-13H/b32-30-,33-31+. The third-order valence-electron chi connectivity index (χ3n) is 7.72. The number of allylic oxidation sites excluding steroid dienone is 6. The third kappa shape index (κ3) is 4.12. The molecule has 2 aliphatic rings. The Balaban J connectivity index is 1.69. The van der Waals surface area contributed by atoms with E-state index >= 15 is 0 Å². The Labute approximate surface area is 259 Å². The number of halogens is 4. The van der Waals surface area contributed by atoms with Crippen molar-refractivity contribution >= 4 is 28.0 Å². The Morgan fingerprint density at radius 1 is 0.543 bits per heavy atom. The second-order valence-electron chi connectivity index (χ2n) is 9.99. The molecule has 0 saturated heterocycles. The van der Waals surface area contributed by atoms with E-state index in [1.807, 2.05) is 12.1 Å². The molecular weight excluding hydrogens is 592 g/mol. The van der Waals surface area contributed by atoms with Crippen molar-refractivity contribution in [2.45, 2.75) is 0 Å². The Morgan fingerprint density at radius 2 is 0.957 bits per heavy atom. The van der Waals surface area contributed by atoms with Gasteiger partial charge in [0.2, 0.25) is 0 Å². The van der Waals surface area contributed by atoms with Gasteiger partial charge in [-0.2, -0.15) is 5.26 Å². The molecular formula is C36H10F4N6. The predicted octanol–water partition coefficient (Wildman–Crippen LogP) is 9.25. The first kappa shape index (κ1) is 28.9. The van der Waals surface area contributed by atoms with Crippen LogP contribution in [0.15, 0.2) is 72.1 Å². The molecule has 46 heavy (non-hydrogen) atoms. The summed E-state index contributed by atoms with van der Waals surface area (Å²) in [5.41, 5.74) is 1.15. The zero-order valence-corrected chi connectivity index (χ0v) is 23.0. The molecule has 0 bridgehead atoms. The summed E-state index contributed by atoms with van der Waals surface area (Å²) in [7, 11) is 0. The predicted molar refractivity (Wildman–Crippen MR) is 160 cm³/mol. The van der Waals surface area contributed by atoms with Gasteiger partial charge >= 0.3 is 0 Å². The molecule has 0 amide bonds. The van der Waals surface area contributed by atoms with E-state index < -0.39 is 34.5 Å². The summed E-state index contributed by atoms with van der Waals surface area (Å²) in [6, 6.07) is 18.5. The van der Waals surface area contributed by atoms with Gasteiger partial charge in [-0.25, -0.2) is 42.6 Å². The number of benzene rings is 4. The van der Waals surface area contributed by atoms with Crippen molar-refractivity contribution < 1.29 is 17.6 Å². The van der Waals surface area contributed by atoms with Gasteiger partial charge in [0.25, 0.3) is 17.1 Å². The zero-order valence-electron chi connectivity index (χ0n) is 23.0. The molecule has 0 unspecified atom stereocenters. The molecule has 6 rings (SSSR count). The molecule has 4 aromatic rings. The van der Waals surface area contributed by atoms with Crippen LogP contribution in [0.2, 0.25) is 0 Å². The van der Waals surface area contributed by atoms with Crippen LogP contribution < -0.4 is 0 Å². The van der Waals surface area contributed by atoms with Gasteiger partial charge in [-0.3, -0.25) is 0 Å². The highest BCUT2D eigenvalue weighted by Gasteiger charge is 2.40. The quantitative estimate of drug-likeness (QED) is 0.130. The molecule has 0 saturated carbocycles. The van der Waals surface area contributed by atoms with Crippen LogP contribution in [0, 0.1) is 77.0 Å². The smallest absolute Gasteiger partial charge is 0.232 e. The van der Waals surface area contributed by atoms with Gasteiger partial charge in [-0.15, -0.1) is 0 Å². The zero-order chi connectivity index (χ0) is 32.9. The van der Waals surface area contributed by atoms with Crippen LogP contribution in [0.3, 0.4) is 0 Å². The van der Waals surface area contributed by atoms with Crippen LogP contribution in [0.25, 0.3) is 59.1 Å². The van der Waals surface area contributed by atoms with Crippen LogP contribution in [0.1, 0.15) is 27.8 Å².